The van der Waals surface area contributed by atoms with Crippen molar-refractivity contribution in [2.45, 2.75) is 31.2 Å². The molecule has 0 bridgehead atoms. The molecule has 2 atom stereocenters. The molecule has 2 aromatic rings. The average Bonchev–Trinajstić information content (AvgIpc) is 3.32. The zero-order chi connectivity index (χ0) is 22.6. The fraction of sp³-hybridized carbons (Fsp3) is 0.348. The Labute approximate surface area is 188 Å². The Kier molecular flexibility index (Phi) is 6.78. The fourth-order valence-electron chi connectivity index (χ4n) is 3.92. The minimum Gasteiger partial charge on any atom is -0.494 e. The van der Waals surface area contributed by atoms with E-state index in [9.17, 15) is 13.2 Å². The normalized spacial score (nSPS) is 21.2. The number of sulfonamides is 1. The van der Waals surface area contributed by atoms with Crippen LogP contribution in [0.5, 0.6) is 5.75 Å². The number of amides is 1. The van der Waals surface area contributed by atoms with E-state index in [4.69, 9.17) is 4.74 Å². The average molecular weight is 457 g/mol. The predicted octanol–water partition coefficient (Wildman–Crippen LogP) is 2.34. The third kappa shape index (κ3) is 5.12. The highest BCUT2D eigenvalue weighted by atomic mass is 32.2. The molecule has 0 saturated carbocycles. The van der Waals surface area contributed by atoms with Crippen LogP contribution in [0.15, 0.2) is 60.7 Å². The largest absolute Gasteiger partial charge is 0.494 e. The second-order valence-corrected chi connectivity index (χ2v) is 9.66. The van der Waals surface area contributed by atoms with Crippen molar-refractivity contribution in [2.75, 3.05) is 24.4 Å². The Morgan fingerprint density at radius 2 is 1.88 bits per heavy atom. The van der Waals surface area contributed by atoms with Crippen LogP contribution >= 0.6 is 0 Å². The van der Waals surface area contributed by atoms with E-state index in [1.807, 2.05) is 25.1 Å². The Hall–Kier alpha value is -2.88. The second kappa shape index (κ2) is 9.72. The van der Waals surface area contributed by atoms with Crippen LogP contribution in [0.3, 0.4) is 0 Å². The van der Waals surface area contributed by atoms with E-state index in [0.717, 1.165) is 6.42 Å². The molecule has 8 nitrogen and oxygen atoms in total. The first kappa shape index (κ1) is 22.3. The Morgan fingerprint density at radius 1 is 1.12 bits per heavy atom. The van der Waals surface area contributed by atoms with E-state index >= 15 is 0 Å². The Bertz CT molecular complexity index is 1070. The van der Waals surface area contributed by atoms with Crippen molar-refractivity contribution in [3.63, 3.8) is 0 Å². The lowest BCUT2D eigenvalue weighted by Crippen LogP contribution is -2.47. The highest BCUT2D eigenvalue weighted by Gasteiger charge is 2.39. The molecule has 0 aliphatic carbocycles. The highest BCUT2D eigenvalue weighted by Crippen LogP contribution is 2.24. The molecule has 1 saturated heterocycles. The molecule has 2 aliphatic rings. The topological polar surface area (TPSA) is 99.8 Å². The van der Waals surface area contributed by atoms with Crippen molar-refractivity contribution in [3.8, 4) is 5.75 Å². The third-order valence-corrected chi connectivity index (χ3v) is 7.21. The molecule has 0 radical (unpaired) electrons. The number of benzene rings is 2. The molecule has 0 spiro atoms. The van der Waals surface area contributed by atoms with Gasteiger partial charge in [-0.2, -0.15) is 0 Å². The summed E-state index contributed by atoms with van der Waals surface area (Å²) in [5.41, 5.74) is 8.47. The van der Waals surface area contributed by atoms with Crippen LogP contribution in [0.2, 0.25) is 0 Å². The number of rotatable bonds is 7. The number of hydrazine groups is 1. The van der Waals surface area contributed by atoms with Gasteiger partial charge in [0.15, 0.2) is 0 Å². The van der Waals surface area contributed by atoms with Gasteiger partial charge in [0.05, 0.1) is 6.61 Å². The first-order valence-electron chi connectivity index (χ1n) is 10.7. The van der Waals surface area contributed by atoms with Crippen LogP contribution in [0.4, 0.5) is 5.69 Å². The van der Waals surface area contributed by atoms with Gasteiger partial charge in [-0.25, -0.2) is 19.3 Å². The predicted molar refractivity (Wildman–Crippen MR) is 124 cm³/mol. The van der Waals surface area contributed by atoms with E-state index in [1.165, 1.54) is 11.1 Å². The maximum Gasteiger partial charge on any atom is 0.250 e. The standard InChI is InChI=1S/C23H28N4O4S/c1-2-31-20-10-8-19(9-11-20)26-32(29,30)22-16-21(24-25-22)23(28)27-14-12-18(13-15-27)17-6-4-3-5-7-17/h3-12,21-22,24-26H,2,13-16H2,1H3. The number of hydrogen-bond acceptors (Lipinski definition) is 6. The SMILES string of the molecule is CCOc1ccc(NS(=O)(=O)C2CC(C(=O)N3CC=C(c4ccccc4)CC3)NN2)cc1. The van der Waals surface area contributed by atoms with Gasteiger partial charge >= 0.3 is 0 Å². The van der Waals surface area contributed by atoms with Crippen molar-refractivity contribution in [3.05, 3.63) is 66.2 Å². The Morgan fingerprint density at radius 3 is 2.53 bits per heavy atom. The van der Waals surface area contributed by atoms with Crippen LogP contribution in [-0.4, -0.2) is 50.3 Å². The summed E-state index contributed by atoms with van der Waals surface area (Å²) in [6.07, 6.45) is 2.99. The van der Waals surface area contributed by atoms with E-state index in [-0.39, 0.29) is 12.3 Å². The molecule has 2 heterocycles. The maximum atomic E-state index is 12.9. The number of carbonyl (C=O) groups excluding carboxylic acids is 1. The van der Waals surface area contributed by atoms with E-state index in [1.54, 1.807) is 29.2 Å². The summed E-state index contributed by atoms with van der Waals surface area (Å²) in [4.78, 5) is 14.7. The summed E-state index contributed by atoms with van der Waals surface area (Å²) in [5, 5.41) is -0.914. The number of carbonyl (C=O) groups is 1. The highest BCUT2D eigenvalue weighted by molar-refractivity contribution is 7.93. The van der Waals surface area contributed by atoms with Gasteiger partial charge in [0.2, 0.25) is 15.9 Å². The number of ether oxygens (including phenoxy) is 1. The summed E-state index contributed by atoms with van der Waals surface area (Å²) < 4.78 is 33.5. The summed E-state index contributed by atoms with van der Waals surface area (Å²) in [6.45, 7) is 3.55. The number of nitrogens with zero attached hydrogens (tertiary/aromatic N) is 1. The molecule has 3 N–H and O–H groups in total. The molecular weight excluding hydrogens is 428 g/mol. The minimum atomic E-state index is -3.73. The quantitative estimate of drug-likeness (QED) is 0.591. The molecule has 4 rings (SSSR count). The molecule has 2 aliphatic heterocycles. The summed E-state index contributed by atoms with van der Waals surface area (Å²) >= 11 is 0. The molecule has 9 heteroatoms. The van der Waals surface area contributed by atoms with E-state index < -0.39 is 21.4 Å². The van der Waals surface area contributed by atoms with E-state index in [2.05, 4.69) is 33.8 Å². The van der Waals surface area contributed by atoms with Crippen LogP contribution in [0.1, 0.15) is 25.3 Å². The lowest BCUT2D eigenvalue weighted by molar-refractivity contribution is -0.132. The number of hydrogen-bond donors (Lipinski definition) is 3. The molecule has 2 aromatic carbocycles. The van der Waals surface area contributed by atoms with Crippen LogP contribution in [-0.2, 0) is 14.8 Å². The molecule has 32 heavy (non-hydrogen) atoms. The molecule has 2 unspecified atom stereocenters. The van der Waals surface area contributed by atoms with Crippen LogP contribution < -0.4 is 20.3 Å². The van der Waals surface area contributed by atoms with Crippen molar-refractivity contribution in [2.24, 2.45) is 0 Å². The number of anilines is 1. The first-order valence-corrected chi connectivity index (χ1v) is 12.3. The second-order valence-electron chi connectivity index (χ2n) is 7.80. The van der Waals surface area contributed by atoms with E-state index in [0.29, 0.717) is 31.1 Å². The summed E-state index contributed by atoms with van der Waals surface area (Å²) in [6, 6.07) is 16.3. The molecule has 1 amide bonds. The first-order chi connectivity index (χ1) is 15.5. The lowest BCUT2D eigenvalue weighted by Gasteiger charge is -2.28. The van der Waals surface area contributed by atoms with Gasteiger partial charge in [0.25, 0.3) is 0 Å². The van der Waals surface area contributed by atoms with Crippen LogP contribution in [0.25, 0.3) is 5.57 Å². The van der Waals surface area contributed by atoms with Crippen molar-refractivity contribution < 1.29 is 17.9 Å². The molecule has 0 aromatic heterocycles. The monoisotopic (exact) mass is 456 g/mol. The van der Waals surface area contributed by atoms with Gasteiger partial charge in [-0.3, -0.25) is 9.52 Å². The van der Waals surface area contributed by atoms with Gasteiger partial charge in [-0.1, -0.05) is 36.4 Å². The van der Waals surface area contributed by atoms with Gasteiger partial charge in [-0.15, -0.1) is 0 Å². The van der Waals surface area contributed by atoms with Crippen molar-refractivity contribution in [1.29, 1.82) is 0 Å². The fourth-order valence-corrected chi connectivity index (χ4v) is 5.19. The minimum absolute atomic E-state index is 0.0976. The molecule has 1 fully saturated rings. The number of nitrogens with one attached hydrogen (secondary N) is 3. The maximum absolute atomic E-state index is 12.9. The summed E-state index contributed by atoms with van der Waals surface area (Å²) in [5.74, 6) is 0.576. The van der Waals surface area contributed by atoms with Crippen molar-refractivity contribution in [1.82, 2.24) is 15.8 Å². The van der Waals surface area contributed by atoms with Gasteiger partial charge in [0, 0.05) is 25.2 Å². The van der Waals surface area contributed by atoms with Gasteiger partial charge < -0.3 is 9.64 Å². The van der Waals surface area contributed by atoms with Crippen molar-refractivity contribution >= 4 is 27.2 Å². The molecule has 170 valence electrons. The summed E-state index contributed by atoms with van der Waals surface area (Å²) in [7, 11) is -3.73. The van der Waals surface area contributed by atoms with Gasteiger partial charge in [0.1, 0.15) is 17.2 Å². The smallest absolute Gasteiger partial charge is 0.250 e. The molecular formula is C23H28N4O4S. The van der Waals surface area contributed by atoms with Gasteiger partial charge in [-0.05, 0) is 48.7 Å². The lowest BCUT2D eigenvalue weighted by atomic mass is 9.99. The third-order valence-electron chi connectivity index (χ3n) is 5.63. The zero-order valence-corrected chi connectivity index (χ0v) is 18.8. The Balaban J connectivity index is 1.33. The van der Waals surface area contributed by atoms with Crippen LogP contribution in [0, 0.1) is 0 Å². The zero-order valence-electron chi connectivity index (χ0n) is 18.0.